The number of thiazole rings is 1. The Hall–Kier alpha value is -3.40. The molecule has 5 rings (SSSR count). The molecule has 1 fully saturated rings. The lowest BCUT2D eigenvalue weighted by molar-refractivity contribution is 0.0672. The molecule has 9 nitrogen and oxygen atoms in total. The standard InChI is InChI=1S/C21H21N7O2S/c1-14-18(31-21(24-14)27-8-2-3-9-27)20(29)28-10-4-5-15(13-28)11-17-25-19(26-30-17)16-12-22-6-7-23-16/h2-3,6-9,12,15H,4-5,10-11,13H2,1H3/t15-/m0/s1. The van der Waals surface area contributed by atoms with Gasteiger partial charge in [-0.25, -0.2) is 9.97 Å². The van der Waals surface area contributed by atoms with E-state index in [2.05, 4.69) is 25.1 Å². The third-order valence-electron chi connectivity index (χ3n) is 5.33. The van der Waals surface area contributed by atoms with Crippen LogP contribution in [0.25, 0.3) is 16.6 Å². The number of likely N-dealkylation sites (tertiary alicyclic amines) is 1. The highest BCUT2D eigenvalue weighted by Crippen LogP contribution is 2.27. The van der Waals surface area contributed by atoms with E-state index in [9.17, 15) is 4.79 Å². The second kappa shape index (κ2) is 8.38. The van der Waals surface area contributed by atoms with E-state index in [0.29, 0.717) is 35.3 Å². The first kappa shape index (κ1) is 19.6. The van der Waals surface area contributed by atoms with Gasteiger partial charge < -0.3 is 14.0 Å². The minimum absolute atomic E-state index is 0.0453. The second-order valence-electron chi connectivity index (χ2n) is 7.57. The average molecular weight is 436 g/mol. The summed E-state index contributed by atoms with van der Waals surface area (Å²) in [5, 5.41) is 4.82. The van der Waals surface area contributed by atoms with Crippen molar-refractivity contribution in [2.45, 2.75) is 26.2 Å². The molecule has 10 heteroatoms. The normalized spacial score (nSPS) is 16.5. The largest absolute Gasteiger partial charge is 0.339 e. The van der Waals surface area contributed by atoms with Crippen LogP contribution in [0.4, 0.5) is 0 Å². The molecule has 4 aromatic heterocycles. The number of carbonyl (C=O) groups excluding carboxylic acids is 1. The van der Waals surface area contributed by atoms with Crippen LogP contribution in [0.3, 0.4) is 0 Å². The molecule has 0 aliphatic carbocycles. The van der Waals surface area contributed by atoms with Crippen LogP contribution in [0.15, 0.2) is 47.6 Å². The molecule has 1 aliphatic heterocycles. The summed E-state index contributed by atoms with van der Waals surface area (Å²) in [6.45, 7) is 3.31. The van der Waals surface area contributed by atoms with E-state index >= 15 is 0 Å². The van der Waals surface area contributed by atoms with Crippen molar-refractivity contribution in [2.75, 3.05) is 13.1 Å². The highest BCUT2D eigenvalue weighted by atomic mass is 32.1. The highest BCUT2D eigenvalue weighted by Gasteiger charge is 2.28. The SMILES string of the molecule is Cc1nc(-n2cccc2)sc1C(=O)N1CCC[C@@H](Cc2nc(-c3cnccn3)no2)C1. The molecule has 0 radical (unpaired) electrons. The Bertz CT molecular complexity index is 1170. The summed E-state index contributed by atoms with van der Waals surface area (Å²) >= 11 is 1.43. The number of piperidine rings is 1. The minimum Gasteiger partial charge on any atom is -0.339 e. The second-order valence-corrected chi connectivity index (χ2v) is 8.54. The van der Waals surface area contributed by atoms with Crippen molar-refractivity contribution in [1.82, 2.24) is 34.6 Å². The summed E-state index contributed by atoms with van der Waals surface area (Å²) in [5.41, 5.74) is 1.35. The lowest BCUT2D eigenvalue weighted by Gasteiger charge is -2.32. The third-order valence-corrected chi connectivity index (χ3v) is 6.49. The fourth-order valence-electron chi connectivity index (χ4n) is 3.82. The molecule has 0 unspecified atom stereocenters. The van der Waals surface area contributed by atoms with Gasteiger partial charge in [-0.05, 0) is 37.8 Å². The Morgan fingerprint density at radius 3 is 2.94 bits per heavy atom. The van der Waals surface area contributed by atoms with Crippen LogP contribution in [0, 0.1) is 12.8 Å². The van der Waals surface area contributed by atoms with Crippen molar-refractivity contribution in [3.05, 3.63) is 59.6 Å². The summed E-state index contributed by atoms with van der Waals surface area (Å²) in [6, 6.07) is 3.89. The van der Waals surface area contributed by atoms with Gasteiger partial charge in [0.25, 0.3) is 5.91 Å². The molecule has 1 saturated heterocycles. The lowest BCUT2D eigenvalue weighted by Crippen LogP contribution is -2.40. The number of carbonyl (C=O) groups is 1. The highest BCUT2D eigenvalue weighted by molar-refractivity contribution is 7.16. The third kappa shape index (κ3) is 4.11. The quantitative estimate of drug-likeness (QED) is 0.474. The van der Waals surface area contributed by atoms with Gasteiger partial charge in [0.15, 0.2) is 5.13 Å². The van der Waals surface area contributed by atoms with Crippen LogP contribution < -0.4 is 0 Å². The Labute approximate surface area is 182 Å². The van der Waals surface area contributed by atoms with Crippen molar-refractivity contribution >= 4 is 17.2 Å². The fourth-order valence-corrected chi connectivity index (χ4v) is 4.82. The van der Waals surface area contributed by atoms with Crippen LogP contribution in [0.5, 0.6) is 0 Å². The Morgan fingerprint density at radius 2 is 2.13 bits per heavy atom. The van der Waals surface area contributed by atoms with Crippen molar-refractivity contribution in [3.63, 3.8) is 0 Å². The maximum atomic E-state index is 13.2. The maximum absolute atomic E-state index is 13.2. The van der Waals surface area contributed by atoms with Gasteiger partial charge in [0.1, 0.15) is 10.6 Å². The van der Waals surface area contributed by atoms with Gasteiger partial charge >= 0.3 is 0 Å². The van der Waals surface area contributed by atoms with Gasteiger partial charge in [-0.2, -0.15) is 4.98 Å². The van der Waals surface area contributed by atoms with Gasteiger partial charge in [0, 0.05) is 44.3 Å². The first-order chi connectivity index (χ1) is 15.2. The zero-order valence-electron chi connectivity index (χ0n) is 17.0. The molecule has 1 amide bonds. The van der Waals surface area contributed by atoms with Crippen LogP contribution in [0.2, 0.25) is 0 Å². The van der Waals surface area contributed by atoms with Gasteiger partial charge in [-0.1, -0.05) is 16.5 Å². The topological polar surface area (TPSA) is 103 Å². The Kier molecular flexibility index (Phi) is 5.29. The number of amides is 1. The molecule has 158 valence electrons. The molecule has 5 heterocycles. The molecule has 0 saturated carbocycles. The monoisotopic (exact) mass is 435 g/mol. The van der Waals surface area contributed by atoms with E-state index in [1.165, 1.54) is 11.3 Å². The number of rotatable bonds is 5. The minimum atomic E-state index is 0.0453. The van der Waals surface area contributed by atoms with E-state index in [-0.39, 0.29) is 11.8 Å². The van der Waals surface area contributed by atoms with Crippen molar-refractivity contribution in [3.8, 4) is 16.6 Å². The van der Waals surface area contributed by atoms with Gasteiger partial charge in [-0.3, -0.25) is 9.78 Å². The number of hydrogen-bond donors (Lipinski definition) is 0. The molecule has 0 spiro atoms. The van der Waals surface area contributed by atoms with E-state index in [1.807, 2.05) is 40.9 Å². The Balaban J connectivity index is 1.27. The van der Waals surface area contributed by atoms with Crippen LogP contribution in [-0.4, -0.2) is 53.6 Å². The first-order valence-corrected chi connectivity index (χ1v) is 11.0. The summed E-state index contributed by atoms with van der Waals surface area (Å²) in [6.07, 6.45) is 11.3. The average Bonchev–Trinajstić information content (AvgIpc) is 3.55. The van der Waals surface area contributed by atoms with Crippen molar-refractivity contribution < 1.29 is 9.32 Å². The van der Waals surface area contributed by atoms with Gasteiger partial charge in [-0.15, -0.1) is 0 Å². The molecule has 0 N–H and O–H groups in total. The van der Waals surface area contributed by atoms with Crippen LogP contribution in [-0.2, 0) is 6.42 Å². The van der Waals surface area contributed by atoms with E-state index in [1.54, 1.807) is 18.6 Å². The van der Waals surface area contributed by atoms with E-state index < -0.39 is 0 Å². The summed E-state index contributed by atoms with van der Waals surface area (Å²) < 4.78 is 7.35. The summed E-state index contributed by atoms with van der Waals surface area (Å²) in [5.74, 6) is 1.31. The van der Waals surface area contributed by atoms with E-state index in [0.717, 1.165) is 30.2 Å². The predicted octanol–water partition coefficient (Wildman–Crippen LogP) is 3.18. The lowest BCUT2D eigenvalue weighted by atomic mass is 9.94. The molecule has 4 aromatic rings. The van der Waals surface area contributed by atoms with Crippen LogP contribution in [0.1, 0.15) is 34.1 Å². The molecular weight excluding hydrogens is 414 g/mol. The molecule has 1 atom stereocenters. The van der Waals surface area contributed by atoms with E-state index in [4.69, 9.17) is 4.52 Å². The molecular formula is C21H21N7O2S. The Morgan fingerprint density at radius 1 is 1.26 bits per heavy atom. The first-order valence-electron chi connectivity index (χ1n) is 10.2. The van der Waals surface area contributed by atoms with Gasteiger partial charge in [0.05, 0.1) is 11.9 Å². The molecule has 0 bridgehead atoms. The molecule has 0 aromatic carbocycles. The van der Waals surface area contributed by atoms with Gasteiger partial charge in [0.2, 0.25) is 11.7 Å². The maximum Gasteiger partial charge on any atom is 0.265 e. The fraction of sp³-hybridized carbons (Fsp3) is 0.333. The summed E-state index contributed by atoms with van der Waals surface area (Å²) in [4.78, 5) is 33.1. The van der Waals surface area contributed by atoms with Crippen molar-refractivity contribution in [1.29, 1.82) is 0 Å². The number of nitrogens with zero attached hydrogens (tertiary/aromatic N) is 7. The number of aromatic nitrogens is 6. The predicted molar refractivity (Wildman–Crippen MR) is 114 cm³/mol. The molecule has 1 aliphatic rings. The number of aryl methyl sites for hydroxylation is 1. The zero-order valence-corrected chi connectivity index (χ0v) is 17.8. The van der Waals surface area contributed by atoms with Crippen LogP contribution >= 0.6 is 11.3 Å². The molecule has 31 heavy (non-hydrogen) atoms. The smallest absolute Gasteiger partial charge is 0.265 e. The zero-order chi connectivity index (χ0) is 21.2. The van der Waals surface area contributed by atoms with Crippen molar-refractivity contribution in [2.24, 2.45) is 5.92 Å². The summed E-state index contributed by atoms with van der Waals surface area (Å²) in [7, 11) is 0. The number of hydrogen-bond acceptors (Lipinski definition) is 8.